The second kappa shape index (κ2) is 9.00. The van der Waals surface area contributed by atoms with Gasteiger partial charge in [-0.3, -0.25) is 0 Å². The number of sulfonamides is 1. The highest BCUT2D eigenvalue weighted by atomic mass is 35.5. The minimum absolute atomic E-state index is 0. The van der Waals surface area contributed by atoms with E-state index in [4.69, 9.17) is 5.73 Å². The maximum atomic E-state index is 14.2. The van der Waals surface area contributed by atoms with Crippen LogP contribution in [0.4, 0.5) is 8.78 Å². The van der Waals surface area contributed by atoms with Crippen LogP contribution in [0.2, 0.25) is 0 Å². The van der Waals surface area contributed by atoms with E-state index < -0.39 is 21.7 Å². The molecule has 1 aromatic heterocycles. The molecule has 2 N–H and O–H groups in total. The van der Waals surface area contributed by atoms with Gasteiger partial charge in [-0.05, 0) is 35.9 Å². The van der Waals surface area contributed by atoms with Gasteiger partial charge in [0.05, 0.1) is 28.8 Å². The molecule has 10 heteroatoms. The number of rotatable bonds is 6. The van der Waals surface area contributed by atoms with Crippen molar-refractivity contribution in [3.05, 3.63) is 60.4 Å². The number of hydrogen-bond donors (Lipinski definition) is 1. The summed E-state index contributed by atoms with van der Waals surface area (Å²) in [7, 11) is -0.663. The number of imidazole rings is 1. The zero-order valence-electron chi connectivity index (χ0n) is 15.8. The first kappa shape index (κ1) is 23.0. The highest BCUT2D eigenvalue weighted by Crippen LogP contribution is 2.30. The zero-order chi connectivity index (χ0) is 20.5. The van der Waals surface area contributed by atoms with E-state index in [9.17, 15) is 17.2 Å². The molecule has 0 aliphatic heterocycles. The van der Waals surface area contributed by atoms with Crippen LogP contribution >= 0.6 is 12.4 Å². The van der Waals surface area contributed by atoms with E-state index in [1.807, 2.05) is 0 Å². The Hall–Kier alpha value is -2.33. The molecular formula is C19H21ClF2N4O2S. The van der Waals surface area contributed by atoms with Crippen molar-refractivity contribution in [1.29, 1.82) is 0 Å². The molecule has 156 valence electrons. The van der Waals surface area contributed by atoms with E-state index in [0.717, 1.165) is 4.31 Å². The van der Waals surface area contributed by atoms with E-state index in [1.54, 1.807) is 12.1 Å². The minimum Gasteiger partial charge on any atom is -0.327 e. The predicted molar refractivity (Wildman–Crippen MR) is 111 cm³/mol. The van der Waals surface area contributed by atoms with Crippen molar-refractivity contribution in [1.82, 2.24) is 13.9 Å². The third-order valence-corrected chi connectivity index (χ3v) is 6.12. The molecule has 1 heterocycles. The molecule has 0 aliphatic rings. The molecule has 0 saturated heterocycles. The molecule has 0 aliphatic carbocycles. The Kier molecular flexibility index (Phi) is 7.12. The summed E-state index contributed by atoms with van der Waals surface area (Å²) in [5.74, 6) is -0.941. The lowest BCUT2D eigenvalue weighted by atomic mass is 10.0. The van der Waals surface area contributed by atoms with Crippen molar-refractivity contribution in [2.75, 3.05) is 20.6 Å². The number of nitrogens with zero attached hydrogens (tertiary/aromatic N) is 3. The third-order valence-electron chi connectivity index (χ3n) is 4.29. The molecule has 6 nitrogen and oxygen atoms in total. The Bertz CT molecular complexity index is 1140. The number of benzene rings is 2. The molecule has 0 bridgehead atoms. The van der Waals surface area contributed by atoms with E-state index in [2.05, 4.69) is 4.98 Å². The number of aromatic nitrogens is 2. The van der Waals surface area contributed by atoms with E-state index >= 15 is 0 Å². The van der Waals surface area contributed by atoms with Gasteiger partial charge in [0, 0.05) is 26.2 Å². The molecule has 0 radical (unpaired) electrons. The van der Waals surface area contributed by atoms with Crippen LogP contribution in [0.5, 0.6) is 0 Å². The van der Waals surface area contributed by atoms with Crippen LogP contribution in [0.25, 0.3) is 22.2 Å². The fraction of sp³-hybridized carbons (Fsp3) is 0.211. The fourth-order valence-electron chi connectivity index (χ4n) is 2.85. The first-order valence-corrected chi connectivity index (χ1v) is 9.90. The standard InChI is InChI=1S/C19H20F2N4O2S.ClH/c1-24(2)28(26,27)16-5-3-13(4-6-16)17-9-15(21)10-18-19(17)23-12-25(18)11-14(20)7-8-22;/h3-7,9-10,12H,8,11,22H2,1-2H3;1H/b14-7-;. The Labute approximate surface area is 174 Å². The fourth-order valence-corrected chi connectivity index (χ4v) is 3.75. The van der Waals surface area contributed by atoms with Crippen molar-refractivity contribution < 1.29 is 17.2 Å². The van der Waals surface area contributed by atoms with E-state index in [1.165, 1.54) is 55.3 Å². The second-order valence-electron chi connectivity index (χ2n) is 6.39. The first-order chi connectivity index (χ1) is 13.2. The highest BCUT2D eigenvalue weighted by Gasteiger charge is 2.18. The van der Waals surface area contributed by atoms with Crippen molar-refractivity contribution >= 4 is 33.5 Å². The van der Waals surface area contributed by atoms with Crippen LogP contribution in [0.15, 0.2) is 59.5 Å². The molecule has 0 spiro atoms. The quantitative estimate of drug-likeness (QED) is 0.635. The van der Waals surface area contributed by atoms with Gasteiger partial charge in [-0.2, -0.15) is 0 Å². The Morgan fingerprint density at radius 1 is 1.24 bits per heavy atom. The average Bonchev–Trinajstić information content (AvgIpc) is 3.03. The Morgan fingerprint density at radius 2 is 1.90 bits per heavy atom. The van der Waals surface area contributed by atoms with Crippen molar-refractivity contribution in [3.8, 4) is 11.1 Å². The lowest BCUT2D eigenvalue weighted by Crippen LogP contribution is -2.22. The van der Waals surface area contributed by atoms with Crippen LogP contribution in [0.3, 0.4) is 0 Å². The number of allylic oxidation sites excluding steroid dienone is 1. The number of fused-ring (bicyclic) bond motifs is 1. The summed E-state index contributed by atoms with van der Waals surface area (Å²) >= 11 is 0. The molecule has 2 aromatic carbocycles. The average molecular weight is 443 g/mol. The van der Waals surface area contributed by atoms with Gasteiger partial charge < -0.3 is 10.3 Å². The van der Waals surface area contributed by atoms with Crippen LogP contribution in [0.1, 0.15) is 0 Å². The lowest BCUT2D eigenvalue weighted by Gasteiger charge is -2.12. The minimum atomic E-state index is -3.56. The smallest absolute Gasteiger partial charge is 0.242 e. The summed E-state index contributed by atoms with van der Waals surface area (Å²) < 4.78 is 55.1. The predicted octanol–water partition coefficient (Wildman–Crippen LogP) is 3.33. The van der Waals surface area contributed by atoms with E-state index in [0.29, 0.717) is 22.2 Å². The van der Waals surface area contributed by atoms with Crippen LogP contribution < -0.4 is 5.73 Å². The van der Waals surface area contributed by atoms with Gasteiger partial charge in [0.1, 0.15) is 11.6 Å². The van der Waals surface area contributed by atoms with Crippen LogP contribution in [-0.2, 0) is 16.6 Å². The largest absolute Gasteiger partial charge is 0.327 e. The summed E-state index contributed by atoms with van der Waals surface area (Å²) in [6, 6.07) is 8.72. The van der Waals surface area contributed by atoms with Crippen LogP contribution in [-0.4, -0.2) is 42.9 Å². The van der Waals surface area contributed by atoms with Gasteiger partial charge in [-0.1, -0.05) is 12.1 Å². The SMILES string of the molecule is CN(C)S(=O)(=O)c1ccc(-c2cc(F)cc3c2ncn3C/C(F)=C/CN)cc1.Cl. The number of hydrogen-bond acceptors (Lipinski definition) is 4. The molecule has 29 heavy (non-hydrogen) atoms. The Morgan fingerprint density at radius 3 is 2.48 bits per heavy atom. The van der Waals surface area contributed by atoms with Gasteiger partial charge in [-0.15, -0.1) is 12.4 Å². The number of halogens is 3. The summed E-state index contributed by atoms with van der Waals surface area (Å²) in [5.41, 5.74) is 7.33. The molecule has 3 aromatic rings. The normalized spacial score (nSPS) is 12.4. The zero-order valence-corrected chi connectivity index (χ0v) is 17.5. The number of nitrogens with two attached hydrogens (primary N) is 1. The van der Waals surface area contributed by atoms with Crippen molar-refractivity contribution in [3.63, 3.8) is 0 Å². The molecule has 0 unspecified atom stereocenters. The van der Waals surface area contributed by atoms with Gasteiger partial charge in [0.15, 0.2) is 0 Å². The van der Waals surface area contributed by atoms with Crippen molar-refractivity contribution in [2.45, 2.75) is 11.4 Å². The van der Waals surface area contributed by atoms with Crippen LogP contribution in [0, 0.1) is 5.82 Å². The summed E-state index contributed by atoms with van der Waals surface area (Å²) in [5, 5.41) is 0. The molecule has 3 rings (SSSR count). The van der Waals surface area contributed by atoms with Gasteiger partial charge in [0.25, 0.3) is 0 Å². The maximum Gasteiger partial charge on any atom is 0.242 e. The monoisotopic (exact) mass is 442 g/mol. The van der Waals surface area contributed by atoms with Gasteiger partial charge in [0.2, 0.25) is 10.0 Å². The molecular weight excluding hydrogens is 422 g/mol. The topological polar surface area (TPSA) is 81.2 Å². The Balaban J connectivity index is 0.00000300. The summed E-state index contributed by atoms with van der Waals surface area (Å²) in [6.45, 7) is -0.0309. The molecule has 0 saturated carbocycles. The van der Waals surface area contributed by atoms with Gasteiger partial charge in [-0.25, -0.2) is 26.5 Å². The highest BCUT2D eigenvalue weighted by molar-refractivity contribution is 7.89. The molecule has 0 amide bonds. The molecule has 0 fully saturated rings. The lowest BCUT2D eigenvalue weighted by molar-refractivity contribution is 0.521. The molecule has 0 atom stereocenters. The van der Waals surface area contributed by atoms with E-state index in [-0.39, 0.29) is 30.4 Å². The van der Waals surface area contributed by atoms with Gasteiger partial charge >= 0.3 is 0 Å². The maximum absolute atomic E-state index is 14.2. The second-order valence-corrected chi connectivity index (χ2v) is 8.54. The first-order valence-electron chi connectivity index (χ1n) is 8.46. The van der Waals surface area contributed by atoms with Crippen molar-refractivity contribution in [2.24, 2.45) is 5.73 Å². The third kappa shape index (κ3) is 4.64. The summed E-state index contributed by atoms with van der Waals surface area (Å²) in [6.07, 6.45) is 2.68. The summed E-state index contributed by atoms with van der Waals surface area (Å²) in [4.78, 5) is 4.43.